The van der Waals surface area contributed by atoms with Crippen LogP contribution in [0.15, 0.2) is 75.2 Å². The quantitative estimate of drug-likeness (QED) is 0.533. The van der Waals surface area contributed by atoms with E-state index in [9.17, 15) is 4.79 Å². The number of hydrogen-bond acceptors (Lipinski definition) is 6. The highest BCUT2D eigenvalue weighted by Gasteiger charge is 2.10. The molecular weight excluding hydrogens is 324 g/mol. The molecule has 0 radical (unpaired) electrons. The molecule has 0 N–H and O–H groups in total. The van der Waals surface area contributed by atoms with Crippen molar-refractivity contribution in [3.63, 3.8) is 0 Å². The summed E-state index contributed by atoms with van der Waals surface area (Å²) in [6.45, 7) is 0. The molecule has 7 heteroatoms. The third-order valence-electron chi connectivity index (χ3n) is 3.39. The van der Waals surface area contributed by atoms with E-state index < -0.39 is 0 Å². The smallest absolute Gasteiger partial charge is 0.277 e. The maximum absolute atomic E-state index is 12.1. The van der Waals surface area contributed by atoms with Crippen LogP contribution in [0.4, 0.5) is 0 Å². The maximum Gasteiger partial charge on any atom is 0.277 e. The summed E-state index contributed by atoms with van der Waals surface area (Å²) in [7, 11) is 0. The summed E-state index contributed by atoms with van der Waals surface area (Å²) in [5.41, 5.74) is 2.07. The zero-order valence-electron chi connectivity index (χ0n) is 12.5. The molecule has 0 atom stereocenters. The van der Waals surface area contributed by atoms with E-state index in [1.807, 2.05) is 36.4 Å². The molecule has 24 heavy (non-hydrogen) atoms. The summed E-state index contributed by atoms with van der Waals surface area (Å²) < 4.78 is 7.15. The SMILES string of the molecule is O=c1cc(CSc2nnc(-c3ccccc3)o2)nc2ccccn12. The molecule has 0 aliphatic rings. The molecule has 0 amide bonds. The van der Waals surface area contributed by atoms with Crippen molar-refractivity contribution in [2.24, 2.45) is 0 Å². The first-order chi connectivity index (χ1) is 11.8. The van der Waals surface area contributed by atoms with Crippen molar-refractivity contribution >= 4 is 17.4 Å². The van der Waals surface area contributed by atoms with Crippen LogP contribution in [0.1, 0.15) is 5.69 Å². The predicted octanol–water partition coefficient (Wildman–Crippen LogP) is 3.04. The van der Waals surface area contributed by atoms with Crippen molar-refractivity contribution in [3.8, 4) is 11.5 Å². The van der Waals surface area contributed by atoms with E-state index in [0.717, 1.165) is 5.56 Å². The van der Waals surface area contributed by atoms with E-state index >= 15 is 0 Å². The average molecular weight is 336 g/mol. The minimum Gasteiger partial charge on any atom is -0.411 e. The number of aromatic nitrogens is 4. The molecule has 118 valence electrons. The molecule has 0 saturated heterocycles. The Labute approximate surface area is 141 Å². The molecule has 0 aliphatic heterocycles. The van der Waals surface area contributed by atoms with E-state index in [2.05, 4.69) is 15.2 Å². The molecule has 0 aliphatic carbocycles. The van der Waals surface area contributed by atoms with Crippen LogP contribution in [0, 0.1) is 0 Å². The summed E-state index contributed by atoms with van der Waals surface area (Å²) in [6, 6.07) is 16.6. The van der Waals surface area contributed by atoms with Crippen molar-refractivity contribution in [2.75, 3.05) is 0 Å². The Kier molecular flexibility index (Phi) is 3.84. The molecular formula is C17H12N4O2S. The van der Waals surface area contributed by atoms with Crippen LogP contribution in [0.5, 0.6) is 0 Å². The third-order valence-corrected chi connectivity index (χ3v) is 4.25. The van der Waals surface area contributed by atoms with Gasteiger partial charge in [-0.05, 0) is 24.3 Å². The number of pyridine rings is 1. The number of nitrogens with zero attached hydrogens (tertiary/aromatic N) is 4. The number of benzene rings is 1. The highest BCUT2D eigenvalue weighted by Crippen LogP contribution is 2.24. The van der Waals surface area contributed by atoms with E-state index in [-0.39, 0.29) is 5.56 Å². The molecule has 0 unspecified atom stereocenters. The van der Waals surface area contributed by atoms with Gasteiger partial charge in [0.1, 0.15) is 5.65 Å². The van der Waals surface area contributed by atoms with Gasteiger partial charge in [-0.15, -0.1) is 10.2 Å². The average Bonchev–Trinajstić information content (AvgIpc) is 3.10. The zero-order chi connectivity index (χ0) is 16.4. The van der Waals surface area contributed by atoms with Crippen LogP contribution < -0.4 is 5.56 Å². The highest BCUT2D eigenvalue weighted by atomic mass is 32.2. The topological polar surface area (TPSA) is 73.3 Å². The number of hydrogen-bond donors (Lipinski definition) is 0. The molecule has 0 spiro atoms. The van der Waals surface area contributed by atoms with Gasteiger partial charge in [0.15, 0.2) is 0 Å². The first kappa shape index (κ1) is 14.6. The van der Waals surface area contributed by atoms with Gasteiger partial charge in [-0.3, -0.25) is 9.20 Å². The molecule has 4 rings (SSSR count). The summed E-state index contributed by atoms with van der Waals surface area (Å²) >= 11 is 1.36. The lowest BCUT2D eigenvalue weighted by Crippen LogP contribution is -2.14. The van der Waals surface area contributed by atoms with Crippen LogP contribution in [-0.4, -0.2) is 19.6 Å². The molecule has 0 fully saturated rings. The molecule has 1 aromatic carbocycles. The monoisotopic (exact) mass is 336 g/mol. The van der Waals surface area contributed by atoms with Crippen LogP contribution >= 0.6 is 11.8 Å². The van der Waals surface area contributed by atoms with Crippen molar-refractivity contribution < 1.29 is 4.42 Å². The Hall–Kier alpha value is -2.93. The first-order valence-corrected chi connectivity index (χ1v) is 8.27. The van der Waals surface area contributed by atoms with Crippen LogP contribution in [0.25, 0.3) is 17.1 Å². The lowest BCUT2D eigenvalue weighted by molar-refractivity contribution is 0.466. The minimum absolute atomic E-state index is 0.105. The molecule has 0 saturated carbocycles. The zero-order valence-corrected chi connectivity index (χ0v) is 13.3. The van der Waals surface area contributed by atoms with E-state index in [1.165, 1.54) is 22.2 Å². The fourth-order valence-corrected chi connectivity index (χ4v) is 2.93. The van der Waals surface area contributed by atoms with Gasteiger partial charge in [-0.25, -0.2) is 4.98 Å². The fourth-order valence-electron chi connectivity index (χ4n) is 2.28. The Morgan fingerprint density at radius 3 is 2.75 bits per heavy atom. The lowest BCUT2D eigenvalue weighted by atomic mass is 10.2. The van der Waals surface area contributed by atoms with Gasteiger partial charge in [0.25, 0.3) is 10.8 Å². The van der Waals surface area contributed by atoms with Crippen molar-refractivity contribution in [3.05, 3.63) is 76.8 Å². The normalized spacial score (nSPS) is 11.0. The van der Waals surface area contributed by atoms with Gasteiger partial charge in [-0.1, -0.05) is 36.0 Å². The second-order valence-corrected chi connectivity index (χ2v) is 5.97. The Morgan fingerprint density at radius 2 is 1.88 bits per heavy atom. The summed E-state index contributed by atoms with van der Waals surface area (Å²) in [5.74, 6) is 0.960. The Bertz CT molecular complexity index is 1040. The van der Waals surface area contributed by atoms with Crippen LogP contribution in [0.2, 0.25) is 0 Å². The number of fused-ring (bicyclic) bond motifs is 1. The summed E-state index contributed by atoms with van der Waals surface area (Å²) in [5, 5.41) is 8.52. The van der Waals surface area contributed by atoms with Gasteiger partial charge >= 0.3 is 0 Å². The Balaban J connectivity index is 1.53. The molecule has 3 heterocycles. The highest BCUT2D eigenvalue weighted by molar-refractivity contribution is 7.98. The van der Waals surface area contributed by atoms with Gasteiger partial charge in [0, 0.05) is 23.6 Å². The van der Waals surface area contributed by atoms with Crippen molar-refractivity contribution in [1.29, 1.82) is 0 Å². The molecule has 6 nitrogen and oxygen atoms in total. The molecule has 0 bridgehead atoms. The fraction of sp³-hybridized carbons (Fsp3) is 0.0588. The van der Waals surface area contributed by atoms with E-state index in [0.29, 0.717) is 28.2 Å². The van der Waals surface area contributed by atoms with Crippen molar-refractivity contribution in [1.82, 2.24) is 19.6 Å². The van der Waals surface area contributed by atoms with E-state index in [4.69, 9.17) is 4.42 Å². The lowest BCUT2D eigenvalue weighted by Gasteiger charge is -2.02. The molecule has 4 aromatic rings. The second kappa shape index (κ2) is 6.29. The van der Waals surface area contributed by atoms with Gasteiger partial charge < -0.3 is 4.42 Å². The van der Waals surface area contributed by atoms with E-state index in [1.54, 1.807) is 18.3 Å². The second-order valence-electron chi connectivity index (χ2n) is 5.04. The summed E-state index contributed by atoms with van der Waals surface area (Å²) in [4.78, 5) is 16.5. The third kappa shape index (κ3) is 2.93. The predicted molar refractivity (Wildman–Crippen MR) is 90.8 cm³/mol. The van der Waals surface area contributed by atoms with Gasteiger partial charge in [0.05, 0.1) is 5.69 Å². The summed E-state index contributed by atoms with van der Waals surface area (Å²) in [6.07, 6.45) is 1.70. The Morgan fingerprint density at radius 1 is 1.04 bits per heavy atom. The largest absolute Gasteiger partial charge is 0.411 e. The maximum atomic E-state index is 12.1. The first-order valence-electron chi connectivity index (χ1n) is 7.29. The van der Waals surface area contributed by atoms with Crippen molar-refractivity contribution in [2.45, 2.75) is 11.0 Å². The molecule has 3 aromatic heterocycles. The number of thioether (sulfide) groups is 1. The number of rotatable bonds is 4. The van der Waals surface area contributed by atoms with Gasteiger partial charge in [0.2, 0.25) is 5.89 Å². The van der Waals surface area contributed by atoms with Gasteiger partial charge in [-0.2, -0.15) is 0 Å². The van der Waals surface area contributed by atoms with Crippen LogP contribution in [-0.2, 0) is 5.75 Å². The van der Waals surface area contributed by atoms with Crippen LogP contribution in [0.3, 0.4) is 0 Å². The standard InChI is InChI=1S/C17H12N4O2S/c22-15-10-13(18-14-8-4-5-9-21(14)15)11-24-17-20-19-16(23-17)12-6-2-1-3-7-12/h1-10H,11H2. The minimum atomic E-state index is -0.105.